The number of aryl methyl sites for hydroxylation is 1. The van der Waals surface area contributed by atoms with Gasteiger partial charge in [-0.15, -0.1) is 0 Å². The number of hydrogen-bond acceptors (Lipinski definition) is 5. The van der Waals surface area contributed by atoms with Gasteiger partial charge in [0.2, 0.25) is 5.78 Å². The topological polar surface area (TPSA) is 80.6 Å². The van der Waals surface area contributed by atoms with E-state index in [4.69, 9.17) is 9.47 Å². The van der Waals surface area contributed by atoms with Crippen molar-refractivity contribution < 1.29 is 24.2 Å². The zero-order valence-electron chi connectivity index (χ0n) is 16.8. The van der Waals surface area contributed by atoms with Crippen LogP contribution in [0.1, 0.15) is 27.2 Å². The molecule has 0 unspecified atom stereocenters. The number of hydrogen-bond donors (Lipinski definition) is 0. The maximum absolute atomic E-state index is 12.8. The highest BCUT2D eigenvalue weighted by Gasteiger charge is 2.13. The number of carbonyl (C=O) groups excluding carboxylic acids is 2. The van der Waals surface area contributed by atoms with Crippen molar-refractivity contribution in [1.82, 2.24) is 4.57 Å². The molecule has 0 atom stereocenters. The van der Waals surface area contributed by atoms with E-state index in [1.807, 2.05) is 66.2 Å². The molecule has 6 heteroatoms. The van der Waals surface area contributed by atoms with Crippen molar-refractivity contribution >= 4 is 17.8 Å². The van der Waals surface area contributed by atoms with E-state index in [-0.39, 0.29) is 5.78 Å². The number of aromatic nitrogens is 1. The van der Waals surface area contributed by atoms with Gasteiger partial charge in [-0.3, -0.25) is 4.79 Å². The van der Waals surface area contributed by atoms with Gasteiger partial charge in [-0.1, -0.05) is 54.1 Å². The zero-order valence-corrected chi connectivity index (χ0v) is 16.8. The number of ketones is 1. The summed E-state index contributed by atoms with van der Waals surface area (Å²) in [6.45, 7) is 1.90. The Morgan fingerprint density at radius 3 is 2.53 bits per heavy atom. The second-order valence-corrected chi connectivity index (χ2v) is 6.68. The number of carbonyl (C=O) groups is 2. The number of carboxylic acid groups (broad SMARTS) is 1. The molecule has 0 aliphatic heterocycles. The Kier molecular flexibility index (Phi) is 6.70. The van der Waals surface area contributed by atoms with E-state index in [0.29, 0.717) is 29.3 Å². The van der Waals surface area contributed by atoms with Crippen LogP contribution in [0, 0.1) is 6.92 Å². The predicted molar refractivity (Wildman–Crippen MR) is 112 cm³/mol. The molecule has 0 radical (unpaired) electrons. The van der Waals surface area contributed by atoms with E-state index in [0.717, 1.165) is 11.1 Å². The van der Waals surface area contributed by atoms with Gasteiger partial charge in [-0.05, 0) is 25.1 Å². The normalized spacial score (nSPS) is 10.9. The Balaban J connectivity index is 1.76. The third-order valence-electron chi connectivity index (χ3n) is 4.53. The maximum Gasteiger partial charge on any atom is 0.209 e. The Labute approximate surface area is 175 Å². The Morgan fingerprint density at radius 2 is 1.83 bits per heavy atom. The maximum atomic E-state index is 12.8. The molecule has 0 N–H and O–H groups in total. The summed E-state index contributed by atoms with van der Waals surface area (Å²) in [7, 11) is 1.49. The number of allylic oxidation sites excluding steroid dienone is 1. The number of methoxy groups -OCH3 is 1. The summed E-state index contributed by atoms with van der Waals surface area (Å²) in [5.74, 6) is -0.599. The van der Waals surface area contributed by atoms with Gasteiger partial charge in [0, 0.05) is 23.9 Å². The largest absolute Gasteiger partial charge is 0.546 e. The summed E-state index contributed by atoms with van der Waals surface area (Å²) >= 11 is 0. The van der Waals surface area contributed by atoms with E-state index in [2.05, 4.69) is 0 Å². The molecular formula is C24H22NO5-. The minimum absolute atomic E-state index is 0.0383. The van der Waals surface area contributed by atoms with Crippen LogP contribution in [0.15, 0.2) is 66.9 Å². The Morgan fingerprint density at radius 1 is 1.07 bits per heavy atom. The lowest BCUT2D eigenvalue weighted by molar-refractivity contribution is -0.307. The van der Waals surface area contributed by atoms with Crippen LogP contribution in [0.5, 0.6) is 11.5 Å². The summed E-state index contributed by atoms with van der Waals surface area (Å²) in [5, 5.41) is 10.6. The van der Waals surface area contributed by atoms with E-state index in [9.17, 15) is 14.7 Å². The highest BCUT2D eigenvalue weighted by atomic mass is 16.5. The van der Waals surface area contributed by atoms with E-state index >= 15 is 0 Å². The van der Waals surface area contributed by atoms with E-state index in [1.54, 1.807) is 18.2 Å². The molecule has 0 saturated carbocycles. The number of ether oxygens (including phenoxy) is 2. The molecular weight excluding hydrogens is 382 g/mol. The number of para-hydroxylation sites is 1. The highest BCUT2D eigenvalue weighted by Crippen LogP contribution is 2.31. The van der Waals surface area contributed by atoms with Gasteiger partial charge >= 0.3 is 0 Å². The summed E-state index contributed by atoms with van der Waals surface area (Å²) in [4.78, 5) is 23.5. The van der Waals surface area contributed by atoms with E-state index in [1.165, 1.54) is 7.11 Å². The number of rotatable bonds is 9. The fourth-order valence-electron chi connectivity index (χ4n) is 3.06. The SMILES string of the molecule is COc1c(/C=C/Cn2cccc2C(=O)c2ccc(C)cc2)cccc1OCC(=O)[O-]. The second kappa shape index (κ2) is 9.60. The van der Waals surface area contributed by atoms with Crippen molar-refractivity contribution in [3.63, 3.8) is 0 Å². The molecule has 3 aromatic rings. The van der Waals surface area contributed by atoms with Crippen molar-refractivity contribution in [3.05, 3.63) is 89.3 Å². The first kappa shape index (κ1) is 20.9. The number of benzene rings is 2. The minimum atomic E-state index is -1.31. The third kappa shape index (κ3) is 4.97. The minimum Gasteiger partial charge on any atom is -0.546 e. The second-order valence-electron chi connectivity index (χ2n) is 6.68. The van der Waals surface area contributed by atoms with E-state index < -0.39 is 12.6 Å². The molecule has 1 aromatic heterocycles. The fraction of sp³-hybridized carbons (Fsp3) is 0.167. The van der Waals surface area contributed by atoms with Crippen LogP contribution in [0.2, 0.25) is 0 Å². The average molecular weight is 404 g/mol. The fourth-order valence-corrected chi connectivity index (χ4v) is 3.06. The van der Waals surface area contributed by atoms with Gasteiger partial charge in [-0.2, -0.15) is 0 Å². The summed E-state index contributed by atoms with van der Waals surface area (Å²) in [6.07, 6.45) is 5.58. The van der Waals surface area contributed by atoms with Crippen LogP contribution in [-0.4, -0.2) is 30.0 Å². The summed E-state index contributed by atoms with van der Waals surface area (Å²) in [5.41, 5.74) is 3.07. The Hall–Kier alpha value is -3.80. The molecule has 6 nitrogen and oxygen atoms in total. The van der Waals surface area contributed by atoms with Crippen molar-refractivity contribution in [2.75, 3.05) is 13.7 Å². The van der Waals surface area contributed by atoms with Gasteiger partial charge in [0.1, 0.15) is 6.61 Å². The molecule has 0 aliphatic carbocycles. The van der Waals surface area contributed by atoms with Gasteiger partial charge in [0.15, 0.2) is 11.5 Å². The molecule has 2 aromatic carbocycles. The van der Waals surface area contributed by atoms with Crippen molar-refractivity contribution in [3.8, 4) is 11.5 Å². The number of carboxylic acids is 1. The molecule has 154 valence electrons. The van der Waals surface area contributed by atoms with Crippen LogP contribution in [-0.2, 0) is 11.3 Å². The van der Waals surface area contributed by atoms with Crippen molar-refractivity contribution in [1.29, 1.82) is 0 Å². The predicted octanol–water partition coefficient (Wildman–Crippen LogP) is 2.88. The first-order chi connectivity index (χ1) is 14.5. The lowest BCUT2D eigenvalue weighted by atomic mass is 10.1. The standard InChI is InChI=1S/C24H23NO5/c1-17-10-12-18(13-11-17)23(28)20-8-5-15-25(20)14-4-7-19-6-3-9-21(24(19)29-2)30-16-22(26)27/h3-13,15H,14,16H2,1-2H3,(H,26,27)/p-1/b7-4+. The molecule has 0 amide bonds. The van der Waals surface area contributed by atoms with Crippen molar-refractivity contribution in [2.24, 2.45) is 0 Å². The first-order valence-corrected chi connectivity index (χ1v) is 9.42. The quantitative estimate of drug-likeness (QED) is 0.512. The molecule has 30 heavy (non-hydrogen) atoms. The monoisotopic (exact) mass is 404 g/mol. The summed E-state index contributed by atoms with van der Waals surface area (Å²) in [6, 6.07) is 16.3. The Bertz CT molecular complexity index is 1060. The van der Waals surface area contributed by atoms with Gasteiger partial charge in [0.25, 0.3) is 0 Å². The number of nitrogens with zero attached hydrogens (tertiary/aromatic N) is 1. The van der Waals surface area contributed by atoms with Crippen LogP contribution in [0.25, 0.3) is 6.08 Å². The molecule has 0 spiro atoms. The lowest BCUT2D eigenvalue weighted by Gasteiger charge is -2.13. The number of aliphatic carboxylic acids is 1. The van der Waals surface area contributed by atoms with Crippen LogP contribution in [0.4, 0.5) is 0 Å². The van der Waals surface area contributed by atoms with Crippen molar-refractivity contribution in [2.45, 2.75) is 13.5 Å². The van der Waals surface area contributed by atoms with Crippen LogP contribution >= 0.6 is 0 Å². The van der Waals surface area contributed by atoms with Gasteiger partial charge < -0.3 is 23.9 Å². The lowest BCUT2D eigenvalue weighted by Crippen LogP contribution is -2.29. The zero-order chi connectivity index (χ0) is 21.5. The highest BCUT2D eigenvalue weighted by molar-refractivity contribution is 6.08. The first-order valence-electron chi connectivity index (χ1n) is 9.42. The molecule has 0 fully saturated rings. The molecule has 1 heterocycles. The molecule has 0 saturated heterocycles. The molecule has 3 rings (SSSR count). The van der Waals surface area contributed by atoms with Crippen LogP contribution < -0.4 is 14.6 Å². The van der Waals surface area contributed by atoms with Crippen LogP contribution in [0.3, 0.4) is 0 Å². The molecule has 0 aliphatic rings. The molecule has 0 bridgehead atoms. The van der Waals surface area contributed by atoms with Gasteiger partial charge in [-0.25, -0.2) is 0 Å². The third-order valence-corrected chi connectivity index (χ3v) is 4.53. The van der Waals surface area contributed by atoms with Gasteiger partial charge in [0.05, 0.1) is 18.8 Å². The average Bonchev–Trinajstić information content (AvgIpc) is 3.20. The summed E-state index contributed by atoms with van der Waals surface area (Å²) < 4.78 is 12.5. The smallest absolute Gasteiger partial charge is 0.209 e.